The summed E-state index contributed by atoms with van der Waals surface area (Å²) in [7, 11) is -9.19. The fourth-order valence-electron chi connectivity index (χ4n) is 6.96. The van der Waals surface area contributed by atoms with Crippen LogP contribution in [0.5, 0.6) is 0 Å². The molecule has 0 bridgehead atoms. The number of anilines is 1. The van der Waals surface area contributed by atoms with Crippen LogP contribution in [0.3, 0.4) is 0 Å². The van der Waals surface area contributed by atoms with Crippen molar-refractivity contribution in [2.75, 3.05) is 23.7 Å². The number of nitrogens with zero attached hydrogens (tertiary/aromatic N) is 2. The molecule has 10 nitrogen and oxygen atoms in total. The molecular weight excluding hydrogens is 652 g/mol. The fourth-order valence-corrected chi connectivity index (χ4v) is 7.96. The number of benzene rings is 2. The fraction of sp³-hybridized carbons (Fsp3) is 0.412. The zero-order valence-corrected chi connectivity index (χ0v) is 31.2. The molecule has 2 atom stereocenters. The Balaban J connectivity index is 0.00000600. The number of carboxylic acids is 1. The number of hydrogen-bond acceptors (Lipinski definition) is 8. The molecule has 2 unspecified atom stereocenters. The van der Waals surface area contributed by atoms with E-state index in [0.29, 0.717) is 30.6 Å². The summed E-state index contributed by atoms with van der Waals surface area (Å²) in [5.41, 5.74) is 4.17. The Morgan fingerprint density at radius 2 is 1.62 bits per heavy atom. The summed E-state index contributed by atoms with van der Waals surface area (Å²) in [5, 5.41) is 9.25. The van der Waals surface area contributed by atoms with Crippen LogP contribution in [0.25, 0.3) is 0 Å². The number of likely N-dealkylation sites (N-methyl/N-ethyl adjacent to an activating group) is 1. The first-order valence-electron chi connectivity index (χ1n) is 15.4. The average Bonchev–Trinajstić information content (AvgIpc) is 3.35. The van der Waals surface area contributed by atoms with E-state index in [2.05, 4.69) is 30.6 Å². The van der Waals surface area contributed by atoms with Crippen LogP contribution in [0.2, 0.25) is 0 Å². The molecule has 0 radical (unpaired) electrons. The molecule has 1 N–H and O–H groups in total. The summed E-state index contributed by atoms with van der Waals surface area (Å²) in [6.07, 6.45) is 11.2. The number of para-hydroxylation sites is 1. The summed E-state index contributed by atoms with van der Waals surface area (Å²) >= 11 is 0. The van der Waals surface area contributed by atoms with Crippen molar-refractivity contribution >= 4 is 43.3 Å². The second-order valence-corrected chi connectivity index (χ2v) is 15.0. The van der Waals surface area contributed by atoms with Crippen molar-refractivity contribution in [1.29, 1.82) is 0 Å². The molecule has 0 spiro atoms. The number of carbonyl (C=O) groups is 1. The summed E-state index contributed by atoms with van der Waals surface area (Å²) in [5.74, 6) is -1.38. The SMILES string of the molecule is CCN1\C(=C/C=C/C=C/C2=[N+](CC)c3ccccc3C2(C)CCCC(=O)O)C(C)(CCCS(=O)(=O)[O-])c2cc(S(=O)(=O)[O-])ccc21.[Na+]. The zero-order valence-electron chi connectivity index (χ0n) is 27.6. The van der Waals surface area contributed by atoms with Crippen molar-refractivity contribution < 1.29 is 70.0 Å². The van der Waals surface area contributed by atoms with E-state index in [4.69, 9.17) is 0 Å². The van der Waals surface area contributed by atoms with Gasteiger partial charge in [-0.2, -0.15) is 4.58 Å². The van der Waals surface area contributed by atoms with Gasteiger partial charge in [-0.15, -0.1) is 0 Å². The molecule has 0 aliphatic carbocycles. The molecule has 13 heteroatoms. The first-order chi connectivity index (χ1) is 21.6. The molecule has 0 saturated carbocycles. The predicted molar refractivity (Wildman–Crippen MR) is 176 cm³/mol. The number of hydrogen-bond donors (Lipinski definition) is 1. The second-order valence-electron chi connectivity index (χ2n) is 12.1. The van der Waals surface area contributed by atoms with Crippen molar-refractivity contribution in [3.63, 3.8) is 0 Å². The molecule has 0 saturated heterocycles. The van der Waals surface area contributed by atoms with Crippen molar-refractivity contribution in [3.8, 4) is 0 Å². The van der Waals surface area contributed by atoms with Crippen molar-refractivity contribution in [2.24, 2.45) is 0 Å². The average molecular weight is 693 g/mol. The van der Waals surface area contributed by atoms with E-state index in [1.54, 1.807) is 6.07 Å². The van der Waals surface area contributed by atoms with Crippen LogP contribution < -0.4 is 34.5 Å². The molecule has 2 heterocycles. The molecule has 2 aliphatic heterocycles. The summed E-state index contributed by atoms with van der Waals surface area (Å²) < 4.78 is 72.0. The van der Waals surface area contributed by atoms with Gasteiger partial charge in [-0.25, -0.2) is 16.8 Å². The minimum atomic E-state index is -4.73. The third-order valence-electron chi connectivity index (χ3n) is 9.14. The van der Waals surface area contributed by atoms with E-state index in [9.17, 15) is 35.8 Å². The van der Waals surface area contributed by atoms with E-state index in [-0.39, 0.29) is 59.1 Å². The Morgan fingerprint density at radius 1 is 0.936 bits per heavy atom. The number of fused-ring (bicyclic) bond motifs is 2. The number of allylic oxidation sites excluding steroid dienone is 6. The van der Waals surface area contributed by atoms with E-state index >= 15 is 0 Å². The van der Waals surface area contributed by atoms with E-state index in [1.165, 1.54) is 12.1 Å². The molecule has 47 heavy (non-hydrogen) atoms. The van der Waals surface area contributed by atoms with Gasteiger partial charge in [0.25, 0.3) is 0 Å². The maximum absolute atomic E-state index is 11.9. The minimum Gasteiger partial charge on any atom is -0.748 e. The van der Waals surface area contributed by atoms with Gasteiger partial charge in [0, 0.05) is 53.2 Å². The molecule has 2 aliphatic rings. The van der Waals surface area contributed by atoms with Gasteiger partial charge in [-0.05, 0) is 83.2 Å². The Hall–Kier alpha value is -2.58. The number of carboxylic acid groups (broad SMARTS) is 1. The molecular formula is C34H41N2NaO8S2. The van der Waals surface area contributed by atoms with Crippen molar-refractivity contribution in [1.82, 2.24) is 0 Å². The van der Waals surface area contributed by atoms with Crippen molar-refractivity contribution in [3.05, 3.63) is 89.7 Å². The molecule has 0 fully saturated rings. The summed E-state index contributed by atoms with van der Waals surface area (Å²) in [6.45, 7) is 9.29. The van der Waals surface area contributed by atoms with E-state index in [0.717, 1.165) is 29.2 Å². The van der Waals surface area contributed by atoms with E-state index < -0.39 is 37.4 Å². The summed E-state index contributed by atoms with van der Waals surface area (Å²) in [4.78, 5) is 12.9. The van der Waals surface area contributed by atoms with Crippen LogP contribution in [0, 0.1) is 0 Å². The molecule has 2 aromatic carbocycles. The summed E-state index contributed by atoms with van der Waals surface area (Å²) in [6, 6.07) is 12.4. The van der Waals surface area contributed by atoms with Crippen LogP contribution in [0.15, 0.2) is 83.4 Å². The van der Waals surface area contributed by atoms with Gasteiger partial charge in [-0.3, -0.25) is 4.79 Å². The standard InChI is InChI=1S/C34H42N2O8S2.Na/c1-5-35-28-15-11-10-14-26(28)33(3,21-12-18-32(37)38)30(35)16-8-7-9-17-31-34(4,22-13-23-45(39,40)41)27-24-25(46(42,43)44)19-20-29(27)36(31)6-2;/h7-11,14-17,19-20,24H,5-6,12-13,18,21-23H2,1-4H3,(H2-,37,38,39,40,41,42,43,44);/q;+1/p-1. The Morgan fingerprint density at radius 3 is 2.23 bits per heavy atom. The first kappa shape index (κ1) is 38.9. The monoisotopic (exact) mass is 692 g/mol. The first-order valence-corrected chi connectivity index (χ1v) is 18.4. The zero-order chi connectivity index (χ0) is 33.9. The Kier molecular flexibility index (Phi) is 12.7. The van der Waals surface area contributed by atoms with Gasteiger partial charge in [0.2, 0.25) is 5.69 Å². The van der Waals surface area contributed by atoms with Crippen LogP contribution >= 0.6 is 0 Å². The van der Waals surface area contributed by atoms with Crippen molar-refractivity contribution in [2.45, 2.75) is 75.5 Å². The number of rotatable bonds is 14. The normalized spacial score (nSPS) is 21.9. The molecule has 2 aromatic rings. The van der Waals surface area contributed by atoms with Gasteiger partial charge < -0.3 is 19.1 Å². The largest absolute Gasteiger partial charge is 1.00 e. The van der Waals surface area contributed by atoms with Gasteiger partial charge in [0.15, 0.2) is 5.71 Å². The predicted octanol–water partition coefficient (Wildman–Crippen LogP) is 2.35. The van der Waals surface area contributed by atoms with Crippen LogP contribution in [-0.4, -0.2) is 66.1 Å². The number of aliphatic carboxylic acids is 1. The molecule has 248 valence electrons. The van der Waals surface area contributed by atoms with Gasteiger partial charge in [0.05, 0.1) is 20.4 Å². The van der Waals surface area contributed by atoms with Gasteiger partial charge >= 0.3 is 35.5 Å². The quantitative estimate of drug-likeness (QED) is 0.136. The molecule has 0 aromatic heterocycles. The van der Waals surface area contributed by atoms with Crippen LogP contribution in [-0.2, 0) is 35.9 Å². The van der Waals surface area contributed by atoms with Gasteiger partial charge in [0.1, 0.15) is 16.7 Å². The third-order valence-corrected chi connectivity index (χ3v) is 10.8. The second kappa shape index (κ2) is 15.3. The Bertz CT molecular complexity index is 1850. The Labute approximate surface area is 300 Å². The maximum Gasteiger partial charge on any atom is 1.00 e. The topological polar surface area (TPSA) is 158 Å². The molecule has 0 amide bonds. The third kappa shape index (κ3) is 8.36. The van der Waals surface area contributed by atoms with E-state index in [1.807, 2.05) is 61.3 Å². The maximum atomic E-state index is 11.9. The van der Waals surface area contributed by atoms with Gasteiger partial charge in [-0.1, -0.05) is 36.4 Å². The smallest absolute Gasteiger partial charge is 0.748 e. The molecule has 4 rings (SSSR count). The minimum absolute atomic E-state index is 0. The van der Waals surface area contributed by atoms with Crippen LogP contribution in [0.1, 0.15) is 70.9 Å². The van der Waals surface area contributed by atoms with Crippen LogP contribution in [0.4, 0.5) is 11.4 Å².